The Bertz CT molecular complexity index is 816. The van der Waals surface area contributed by atoms with E-state index in [1.165, 1.54) is 0 Å². The Labute approximate surface area is 133 Å². The van der Waals surface area contributed by atoms with Crippen molar-refractivity contribution in [3.63, 3.8) is 0 Å². The molecular formula is C18H17N3O2. The number of carbonyl (C=O) groups is 1. The molecule has 0 aliphatic rings. The molecule has 116 valence electrons. The van der Waals surface area contributed by atoms with E-state index < -0.39 is 5.91 Å². The first-order valence-electron chi connectivity index (χ1n) is 7.34. The number of aromatic nitrogens is 1. The largest absolute Gasteiger partial charge is 0.309 e. The van der Waals surface area contributed by atoms with E-state index in [-0.39, 0.29) is 0 Å². The second kappa shape index (κ2) is 7.00. The van der Waals surface area contributed by atoms with Crippen LogP contribution in [-0.2, 0) is 13.1 Å². The molecule has 5 nitrogen and oxygen atoms in total. The highest BCUT2D eigenvalue weighted by molar-refractivity contribution is 5.93. The van der Waals surface area contributed by atoms with Gasteiger partial charge in [-0.2, -0.15) is 0 Å². The SMILES string of the molecule is O=C(NO)c1ccc(CNCc2cnc3ccccc3c2)cc1. The highest BCUT2D eigenvalue weighted by atomic mass is 16.5. The van der Waals surface area contributed by atoms with Crippen LogP contribution in [0.4, 0.5) is 0 Å². The van der Waals surface area contributed by atoms with E-state index in [0.717, 1.165) is 28.6 Å². The zero-order valence-corrected chi connectivity index (χ0v) is 12.5. The fraction of sp³-hybridized carbons (Fsp3) is 0.111. The lowest BCUT2D eigenvalue weighted by atomic mass is 10.1. The number of para-hydroxylation sites is 1. The van der Waals surface area contributed by atoms with E-state index in [2.05, 4.69) is 22.4 Å². The van der Waals surface area contributed by atoms with Crippen molar-refractivity contribution in [2.45, 2.75) is 13.1 Å². The molecule has 5 heteroatoms. The predicted molar refractivity (Wildman–Crippen MR) is 88.0 cm³/mol. The van der Waals surface area contributed by atoms with E-state index in [9.17, 15) is 4.79 Å². The smallest absolute Gasteiger partial charge is 0.274 e. The first kappa shape index (κ1) is 15.1. The summed E-state index contributed by atoms with van der Waals surface area (Å²) in [5.41, 5.74) is 5.23. The summed E-state index contributed by atoms with van der Waals surface area (Å²) in [6, 6.07) is 17.2. The van der Waals surface area contributed by atoms with Crippen molar-refractivity contribution in [3.8, 4) is 0 Å². The quantitative estimate of drug-likeness (QED) is 0.500. The number of benzene rings is 2. The minimum atomic E-state index is -0.508. The van der Waals surface area contributed by atoms with Gasteiger partial charge in [-0.05, 0) is 35.4 Å². The second-order valence-corrected chi connectivity index (χ2v) is 5.28. The summed E-state index contributed by atoms with van der Waals surface area (Å²) in [6.45, 7) is 1.41. The standard InChI is InChI=1S/C18H17N3O2/c22-18(21-23)15-7-5-13(6-8-15)10-19-11-14-9-16-3-1-2-4-17(16)20-12-14/h1-9,12,19,23H,10-11H2,(H,21,22). The summed E-state index contributed by atoms with van der Waals surface area (Å²) in [6.07, 6.45) is 1.88. The number of nitrogens with zero attached hydrogens (tertiary/aromatic N) is 1. The van der Waals surface area contributed by atoms with Crippen LogP contribution in [0.5, 0.6) is 0 Å². The summed E-state index contributed by atoms with van der Waals surface area (Å²) >= 11 is 0. The molecule has 0 aliphatic heterocycles. The maximum atomic E-state index is 11.2. The van der Waals surface area contributed by atoms with Gasteiger partial charge in [0.2, 0.25) is 0 Å². The van der Waals surface area contributed by atoms with Gasteiger partial charge in [0.1, 0.15) is 0 Å². The Hall–Kier alpha value is -2.76. The first-order valence-corrected chi connectivity index (χ1v) is 7.34. The van der Waals surface area contributed by atoms with Crippen molar-refractivity contribution in [1.29, 1.82) is 0 Å². The number of amides is 1. The summed E-state index contributed by atoms with van der Waals surface area (Å²) in [5, 5.41) is 13.1. The van der Waals surface area contributed by atoms with Crippen LogP contribution in [0.1, 0.15) is 21.5 Å². The summed E-state index contributed by atoms with van der Waals surface area (Å²) < 4.78 is 0. The Morgan fingerprint density at radius 1 is 1.00 bits per heavy atom. The summed E-state index contributed by atoms with van der Waals surface area (Å²) in [5.74, 6) is -0.508. The Morgan fingerprint density at radius 3 is 2.52 bits per heavy atom. The lowest BCUT2D eigenvalue weighted by Gasteiger charge is -2.07. The van der Waals surface area contributed by atoms with E-state index in [4.69, 9.17) is 5.21 Å². The maximum absolute atomic E-state index is 11.2. The minimum Gasteiger partial charge on any atom is -0.309 e. The van der Waals surface area contributed by atoms with Gasteiger partial charge in [0.25, 0.3) is 5.91 Å². The van der Waals surface area contributed by atoms with Crippen LogP contribution in [0.25, 0.3) is 10.9 Å². The van der Waals surface area contributed by atoms with Crippen LogP contribution in [0, 0.1) is 0 Å². The van der Waals surface area contributed by atoms with Gasteiger partial charge in [0.05, 0.1) is 5.52 Å². The molecule has 3 N–H and O–H groups in total. The molecule has 0 atom stereocenters. The molecule has 0 bridgehead atoms. The molecule has 2 aromatic carbocycles. The van der Waals surface area contributed by atoms with Crippen molar-refractivity contribution < 1.29 is 10.0 Å². The number of hydroxylamine groups is 1. The topological polar surface area (TPSA) is 74.2 Å². The molecule has 1 heterocycles. The molecule has 3 aromatic rings. The number of fused-ring (bicyclic) bond motifs is 1. The molecule has 0 aliphatic carbocycles. The van der Waals surface area contributed by atoms with Crippen molar-refractivity contribution in [2.75, 3.05) is 0 Å². The number of pyridine rings is 1. The number of carbonyl (C=O) groups excluding carboxylic acids is 1. The minimum absolute atomic E-state index is 0.426. The third kappa shape index (κ3) is 3.71. The highest BCUT2D eigenvalue weighted by Gasteiger charge is 2.03. The lowest BCUT2D eigenvalue weighted by molar-refractivity contribution is 0.0706. The average Bonchev–Trinajstić information content (AvgIpc) is 2.61. The van der Waals surface area contributed by atoms with Gasteiger partial charge in [0, 0.05) is 30.2 Å². The zero-order chi connectivity index (χ0) is 16.1. The van der Waals surface area contributed by atoms with Crippen LogP contribution in [0.3, 0.4) is 0 Å². The van der Waals surface area contributed by atoms with Gasteiger partial charge in [-0.15, -0.1) is 0 Å². The molecule has 1 aromatic heterocycles. The molecule has 23 heavy (non-hydrogen) atoms. The predicted octanol–water partition coefficient (Wildman–Crippen LogP) is 2.64. The van der Waals surface area contributed by atoms with Crippen LogP contribution in [0.15, 0.2) is 60.8 Å². The fourth-order valence-corrected chi connectivity index (χ4v) is 2.40. The van der Waals surface area contributed by atoms with E-state index in [1.54, 1.807) is 17.6 Å². The van der Waals surface area contributed by atoms with Crippen LogP contribution in [-0.4, -0.2) is 16.1 Å². The van der Waals surface area contributed by atoms with E-state index in [1.807, 2.05) is 36.5 Å². The van der Waals surface area contributed by atoms with Gasteiger partial charge in [0.15, 0.2) is 0 Å². The molecule has 0 unspecified atom stereocenters. The Balaban J connectivity index is 1.58. The van der Waals surface area contributed by atoms with Gasteiger partial charge in [-0.25, -0.2) is 5.48 Å². The molecule has 0 fully saturated rings. The Morgan fingerprint density at radius 2 is 1.74 bits per heavy atom. The lowest BCUT2D eigenvalue weighted by Crippen LogP contribution is -2.18. The van der Waals surface area contributed by atoms with Crippen LogP contribution in [0.2, 0.25) is 0 Å². The first-order chi connectivity index (χ1) is 11.3. The molecule has 0 radical (unpaired) electrons. The average molecular weight is 307 g/mol. The fourth-order valence-electron chi connectivity index (χ4n) is 2.40. The number of rotatable bonds is 5. The summed E-state index contributed by atoms with van der Waals surface area (Å²) in [7, 11) is 0. The maximum Gasteiger partial charge on any atom is 0.274 e. The van der Waals surface area contributed by atoms with E-state index in [0.29, 0.717) is 12.1 Å². The molecule has 0 spiro atoms. The Kier molecular flexibility index (Phi) is 4.61. The molecule has 0 saturated heterocycles. The van der Waals surface area contributed by atoms with Crippen LogP contribution >= 0.6 is 0 Å². The van der Waals surface area contributed by atoms with Gasteiger partial charge in [-0.3, -0.25) is 15.0 Å². The van der Waals surface area contributed by atoms with Crippen molar-refractivity contribution in [1.82, 2.24) is 15.8 Å². The zero-order valence-electron chi connectivity index (χ0n) is 12.5. The molecule has 1 amide bonds. The van der Waals surface area contributed by atoms with Gasteiger partial charge >= 0.3 is 0 Å². The molecule has 0 saturated carbocycles. The van der Waals surface area contributed by atoms with Gasteiger partial charge < -0.3 is 5.32 Å². The van der Waals surface area contributed by atoms with Crippen LogP contribution < -0.4 is 10.8 Å². The highest BCUT2D eigenvalue weighted by Crippen LogP contribution is 2.12. The van der Waals surface area contributed by atoms with Crippen molar-refractivity contribution in [2.24, 2.45) is 0 Å². The third-order valence-corrected chi connectivity index (χ3v) is 3.62. The number of nitrogens with one attached hydrogen (secondary N) is 2. The number of hydrogen-bond acceptors (Lipinski definition) is 4. The van der Waals surface area contributed by atoms with Crippen molar-refractivity contribution >= 4 is 16.8 Å². The van der Waals surface area contributed by atoms with E-state index >= 15 is 0 Å². The normalized spacial score (nSPS) is 10.7. The molecule has 3 rings (SSSR count). The molecular weight excluding hydrogens is 290 g/mol. The van der Waals surface area contributed by atoms with Gasteiger partial charge in [-0.1, -0.05) is 30.3 Å². The number of hydrogen-bond donors (Lipinski definition) is 3. The third-order valence-electron chi connectivity index (χ3n) is 3.62. The second-order valence-electron chi connectivity index (χ2n) is 5.28. The monoisotopic (exact) mass is 307 g/mol. The van der Waals surface area contributed by atoms with Crippen molar-refractivity contribution in [3.05, 3.63) is 77.5 Å². The summed E-state index contributed by atoms with van der Waals surface area (Å²) in [4.78, 5) is 15.7.